The molecule has 3 aromatic rings. The minimum atomic E-state index is -0.573. The molecule has 10 heteroatoms. The normalized spacial score (nSPS) is 10.4. The molecule has 2 N–H and O–H groups in total. The first-order valence-corrected chi connectivity index (χ1v) is 12.1. The lowest BCUT2D eigenvalue weighted by Gasteiger charge is -2.09. The zero-order valence-electron chi connectivity index (χ0n) is 18.4. The summed E-state index contributed by atoms with van der Waals surface area (Å²) >= 11 is 15.1. The maximum atomic E-state index is 12.1. The van der Waals surface area contributed by atoms with Gasteiger partial charge >= 0.3 is 5.97 Å². The van der Waals surface area contributed by atoms with Crippen molar-refractivity contribution in [2.24, 2.45) is 0 Å². The Morgan fingerprint density at radius 3 is 2.00 bits per heavy atom. The monoisotopic (exact) mass is 578 g/mol. The lowest BCUT2D eigenvalue weighted by molar-refractivity contribution is -0.147. The van der Waals surface area contributed by atoms with Gasteiger partial charge in [0.15, 0.2) is 6.61 Å². The number of carbonyl (C=O) groups excluding carboxylic acids is 3. The average Bonchev–Trinajstić information content (AvgIpc) is 2.83. The number of halogens is 3. The molecule has 3 aromatic carbocycles. The van der Waals surface area contributed by atoms with E-state index in [1.165, 1.54) is 6.07 Å². The van der Waals surface area contributed by atoms with Gasteiger partial charge in [0.25, 0.3) is 5.91 Å². The molecule has 0 aliphatic carbocycles. The van der Waals surface area contributed by atoms with Gasteiger partial charge in [0.1, 0.15) is 11.5 Å². The highest BCUT2D eigenvalue weighted by molar-refractivity contribution is 9.10. The lowest BCUT2D eigenvalue weighted by atomic mass is 10.2. The Labute approximate surface area is 220 Å². The number of anilines is 2. The van der Waals surface area contributed by atoms with Crippen molar-refractivity contribution in [1.29, 1.82) is 0 Å². The number of carbonyl (C=O) groups is 3. The van der Waals surface area contributed by atoms with E-state index in [2.05, 4.69) is 26.6 Å². The molecule has 0 spiro atoms. The van der Waals surface area contributed by atoms with Gasteiger partial charge < -0.3 is 20.1 Å². The average molecular weight is 580 g/mol. The Kier molecular flexibility index (Phi) is 9.96. The zero-order valence-corrected chi connectivity index (χ0v) is 21.5. The van der Waals surface area contributed by atoms with Gasteiger partial charge in [-0.1, -0.05) is 39.1 Å². The van der Waals surface area contributed by atoms with E-state index >= 15 is 0 Å². The van der Waals surface area contributed by atoms with Crippen LogP contribution in [0.25, 0.3) is 0 Å². The second-order valence-corrected chi connectivity index (χ2v) is 9.05. The van der Waals surface area contributed by atoms with E-state index in [1.807, 2.05) is 24.3 Å². The molecular formula is C25H21BrCl2N2O5. The number of ether oxygens (including phenoxy) is 2. The van der Waals surface area contributed by atoms with Gasteiger partial charge in [0.05, 0.1) is 10.0 Å². The number of nitrogens with one attached hydrogen (secondary N) is 2. The maximum absolute atomic E-state index is 12.1. The van der Waals surface area contributed by atoms with Gasteiger partial charge in [-0.3, -0.25) is 14.4 Å². The van der Waals surface area contributed by atoms with Crippen LogP contribution >= 0.6 is 39.1 Å². The van der Waals surface area contributed by atoms with Crippen molar-refractivity contribution in [2.45, 2.75) is 19.3 Å². The minimum Gasteiger partial charge on any atom is -0.457 e. The quantitative estimate of drug-likeness (QED) is 0.256. The molecule has 0 aromatic heterocycles. The molecule has 0 aliphatic heterocycles. The van der Waals surface area contributed by atoms with Gasteiger partial charge in [0.2, 0.25) is 5.91 Å². The summed E-state index contributed by atoms with van der Waals surface area (Å²) in [6.07, 6.45) is 0.416. The Balaban J connectivity index is 1.32. The number of esters is 1. The lowest BCUT2D eigenvalue weighted by Crippen LogP contribution is -2.21. The highest BCUT2D eigenvalue weighted by Crippen LogP contribution is 2.26. The van der Waals surface area contributed by atoms with Crippen LogP contribution in [0.5, 0.6) is 11.5 Å². The minimum absolute atomic E-state index is 0.00738. The SMILES string of the molecule is O=C(CCCC(=O)OCC(=O)Nc1ccc(Cl)c(Cl)c1)Nc1ccc(Oc2ccc(Br)cc2)cc1. The summed E-state index contributed by atoms with van der Waals surface area (Å²) in [7, 11) is 0. The third kappa shape index (κ3) is 9.24. The predicted molar refractivity (Wildman–Crippen MR) is 139 cm³/mol. The van der Waals surface area contributed by atoms with Crippen molar-refractivity contribution in [3.05, 3.63) is 81.2 Å². The first-order valence-electron chi connectivity index (χ1n) is 10.5. The van der Waals surface area contributed by atoms with E-state index in [0.717, 1.165) is 4.47 Å². The first kappa shape index (κ1) is 26.5. The second-order valence-electron chi connectivity index (χ2n) is 7.32. The maximum Gasteiger partial charge on any atom is 0.306 e. The molecule has 2 amide bonds. The standard InChI is InChI=1S/C25H21BrCl2N2O5/c26-16-4-9-19(10-5-16)35-20-11-6-17(7-12-20)29-23(31)2-1-3-25(33)34-15-24(32)30-18-8-13-21(27)22(28)14-18/h4-14H,1-3,15H2,(H,29,31)(H,30,32). The molecule has 0 radical (unpaired) electrons. The molecule has 0 bridgehead atoms. The summed E-state index contributed by atoms with van der Waals surface area (Å²) in [6, 6.07) is 19.0. The zero-order chi connectivity index (χ0) is 25.2. The largest absolute Gasteiger partial charge is 0.457 e. The molecule has 0 atom stereocenters. The highest BCUT2D eigenvalue weighted by atomic mass is 79.9. The smallest absolute Gasteiger partial charge is 0.306 e. The van der Waals surface area contributed by atoms with E-state index in [4.69, 9.17) is 32.7 Å². The second kappa shape index (κ2) is 13.1. The van der Waals surface area contributed by atoms with Gasteiger partial charge in [-0.2, -0.15) is 0 Å². The van der Waals surface area contributed by atoms with E-state index < -0.39 is 18.5 Å². The van der Waals surface area contributed by atoms with Crippen LogP contribution in [0.4, 0.5) is 11.4 Å². The van der Waals surface area contributed by atoms with E-state index in [9.17, 15) is 14.4 Å². The van der Waals surface area contributed by atoms with E-state index in [1.54, 1.807) is 36.4 Å². The molecule has 0 saturated carbocycles. The van der Waals surface area contributed by atoms with Crippen LogP contribution in [0.2, 0.25) is 10.0 Å². The van der Waals surface area contributed by atoms with E-state index in [-0.39, 0.29) is 25.2 Å². The Hall–Kier alpha value is -3.07. The van der Waals surface area contributed by atoms with E-state index in [0.29, 0.717) is 32.9 Å². The van der Waals surface area contributed by atoms with Crippen LogP contribution in [0, 0.1) is 0 Å². The molecule has 0 saturated heterocycles. The summed E-state index contributed by atoms with van der Waals surface area (Å²) in [5, 5.41) is 5.98. The fourth-order valence-corrected chi connectivity index (χ4v) is 3.41. The van der Waals surface area contributed by atoms with Crippen LogP contribution in [0.3, 0.4) is 0 Å². The van der Waals surface area contributed by atoms with Crippen LogP contribution < -0.4 is 15.4 Å². The molecule has 0 fully saturated rings. The predicted octanol–water partition coefficient (Wildman–Crippen LogP) is 6.84. The molecule has 35 heavy (non-hydrogen) atoms. The van der Waals surface area contributed by atoms with Crippen LogP contribution in [0.1, 0.15) is 19.3 Å². The third-order valence-corrected chi connectivity index (χ3v) is 5.81. The molecule has 0 aliphatic rings. The van der Waals surface area contributed by atoms with Crippen molar-refractivity contribution in [3.8, 4) is 11.5 Å². The Morgan fingerprint density at radius 2 is 1.34 bits per heavy atom. The summed E-state index contributed by atoms with van der Waals surface area (Å²) in [5.74, 6) is 0.00954. The van der Waals surface area contributed by atoms with Gasteiger partial charge in [0, 0.05) is 28.7 Å². The molecule has 3 rings (SSSR count). The van der Waals surface area contributed by atoms with Gasteiger partial charge in [-0.25, -0.2) is 0 Å². The van der Waals surface area contributed by atoms with Crippen molar-refractivity contribution in [3.63, 3.8) is 0 Å². The topological polar surface area (TPSA) is 93.7 Å². The number of hydrogen-bond acceptors (Lipinski definition) is 5. The first-order chi connectivity index (χ1) is 16.8. The van der Waals surface area contributed by atoms with Crippen molar-refractivity contribution in [1.82, 2.24) is 0 Å². The number of benzene rings is 3. The molecule has 182 valence electrons. The fourth-order valence-electron chi connectivity index (χ4n) is 2.85. The molecule has 7 nitrogen and oxygen atoms in total. The van der Waals surface area contributed by atoms with Crippen LogP contribution in [0.15, 0.2) is 71.2 Å². The molecular weight excluding hydrogens is 559 g/mol. The van der Waals surface area contributed by atoms with Crippen molar-refractivity contribution < 1.29 is 23.9 Å². The van der Waals surface area contributed by atoms with Crippen LogP contribution in [-0.2, 0) is 19.1 Å². The van der Waals surface area contributed by atoms with Crippen molar-refractivity contribution in [2.75, 3.05) is 17.2 Å². The summed E-state index contributed by atoms with van der Waals surface area (Å²) in [4.78, 5) is 35.9. The Bertz CT molecular complexity index is 1190. The highest BCUT2D eigenvalue weighted by Gasteiger charge is 2.11. The van der Waals surface area contributed by atoms with Crippen LogP contribution in [-0.4, -0.2) is 24.4 Å². The summed E-state index contributed by atoms with van der Waals surface area (Å²) < 4.78 is 11.6. The third-order valence-electron chi connectivity index (χ3n) is 4.54. The summed E-state index contributed by atoms with van der Waals surface area (Å²) in [5.41, 5.74) is 1.05. The molecule has 0 unspecified atom stereocenters. The van der Waals surface area contributed by atoms with Gasteiger partial charge in [-0.05, 0) is 73.2 Å². The molecule has 0 heterocycles. The number of amides is 2. The summed E-state index contributed by atoms with van der Waals surface area (Å²) in [6.45, 7) is -0.444. The van der Waals surface area contributed by atoms with Crippen molar-refractivity contribution >= 4 is 68.3 Å². The fraction of sp³-hybridized carbons (Fsp3) is 0.160. The number of hydrogen-bond donors (Lipinski definition) is 2. The number of rotatable bonds is 10. The van der Waals surface area contributed by atoms with Gasteiger partial charge in [-0.15, -0.1) is 0 Å². The Morgan fingerprint density at radius 1 is 0.743 bits per heavy atom.